The van der Waals surface area contributed by atoms with Gasteiger partial charge in [0.05, 0.1) is 23.5 Å². The van der Waals surface area contributed by atoms with E-state index in [1.54, 1.807) is 7.11 Å². The van der Waals surface area contributed by atoms with Gasteiger partial charge >= 0.3 is 0 Å². The van der Waals surface area contributed by atoms with E-state index in [2.05, 4.69) is 10.6 Å². The van der Waals surface area contributed by atoms with E-state index in [1.165, 1.54) is 0 Å². The first-order chi connectivity index (χ1) is 12.2. The molecule has 0 fully saturated rings. The smallest absolute Gasteiger partial charge is 0.201 e. The van der Waals surface area contributed by atoms with Gasteiger partial charge in [-0.05, 0) is 57.5 Å². The Bertz CT molecular complexity index is 1170. The van der Waals surface area contributed by atoms with Gasteiger partial charge < -0.3 is 14.0 Å². The predicted molar refractivity (Wildman–Crippen MR) is 106 cm³/mol. The Morgan fingerprint density at radius 2 is 1.92 bits per heavy atom. The molecule has 0 bridgehead atoms. The van der Waals surface area contributed by atoms with Crippen molar-refractivity contribution in [1.82, 2.24) is 4.57 Å². The van der Waals surface area contributed by atoms with Crippen LogP contribution in [-0.4, -0.2) is 17.3 Å². The summed E-state index contributed by atoms with van der Waals surface area (Å²) < 4.78 is 14.0. The highest BCUT2D eigenvalue weighted by atomic mass is 16.5. The van der Waals surface area contributed by atoms with Gasteiger partial charge in [0.2, 0.25) is 5.43 Å². The molecule has 2 heterocycles. The summed E-state index contributed by atoms with van der Waals surface area (Å²) in [6.07, 6.45) is 4.10. The fraction of sp³-hybridized carbons (Fsp3) is 0.318. The summed E-state index contributed by atoms with van der Waals surface area (Å²) in [4.78, 5) is 13.3. The van der Waals surface area contributed by atoms with Gasteiger partial charge in [-0.3, -0.25) is 4.79 Å². The van der Waals surface area contributed by atoms with Crippen LogP contribution in [0.4, 0.5) is 0 Å². The molecule has 134 valence electrons. The third kappa shape index (κ3) is 2.18. The molecule has 0 saturated carbocycles. The van der Waals surface area contributed by atoms with Crippen LogP contribution in [0.1, 0.15) is 30.5 Å². The molecule has 0 aliphatic carbocycles. The number of benzene rings is 2. The number of rotatable bonds is 1. The van der Waals surface area contributed by atoms with Crippen LogP contribution in [0.15, 0.2) is 29.1 Å². The topological polar surface area (TPSA) is 40.5 Å². The first-order valence-electron chi connectivity index (χ1n) is 8.77. The van der Waals surface area contributed by atoms with Gasteiger partial charge in [0.15, 0.2) is 0 Å². The predicted octanol–water partition coefficient (Wildman–Crippen LogP) is 4.50. The average Bonchev–Trinajstić information content (AvgIpc) is 2.59. The van der Waals surface area contributed by atoms with E-state index in [4.69, 9.17) is 9.47 Å². The third-order valence-corrected chi connectivity index (χ3v) is 5.19. The second-order valence-electron chi connectivity index (χ2n) is 7.57. The lowest BCUT2D eigenvalue weighted by atomic mass is 9.95. The lowest BCUT2D eigenvalue weighted by Gasteiger charge is -2.31. The Morgan fingerprint density at radius 1 is 1.19 bits per heavy atom. The van der Waals surface area contributed by atoms with Gasteiger partial charge in [-0.25, -0.2) is 0 Å². The van der Waals surface area contributed by atoms with Crippen molar-refractivity contribution in [2.75, 3.05) is 7.11 Å². The Labute approximate surface area is 152 Å². The number of aromatic nitrogens is 1. The highest BCUT2D eigenvalue weighted by Crippen LogP contribution is 2.44. The van der Waals surface area contributed by atoms with Crippen molar-refractivity contribution in [2.45, 2.75) is 33.3 Å². The average molecular weight is 349 g/mol. The zero-order chi connectivity index (χ0) is 18.8. The maximum Gasteiger partial charge on any atom is 0.201 e. The van der Waals surface area contributed by atoms with E-state index in [1.807, 2.05) is 59.0 Å². The number of hydrogen-bond acceptors (Lipinski definition) is 3. The summed E-state index contributed by atoms with van der Waals surface area (Å²) >= 11 is 0. The maximum atomic E-state index is 13.3. The van der Waals surface area contributed by atoms with Crippen LogP contribution in [0.3, 0.4) is 0 Å². The second kappa shape index (κ2) is 5.37. The Balaban J connectivity index is 2.31. The molecule has 3 aromatic rings. The van der Waals surface area contributed by atoms with Gasteiger partial charge in [0.25, 0.3) is 0 Å². The van der Waals surface area contributed by atoms with Crippen LogP contribution in [0.5, 0.6) is 11.5 Å². The van der Waals surface area contributed by atoms with Crippen molar-refractivity contribution < 1.29 is 9.47 Å². The van der Waals surface area contributed by atoms with Crippen molar-refractivity contribution in [3.05, 3.63) is 51.2 Å². The van der Waals surface area contributed by atoms with Gasteiger partial charge in [0, 0.05) is 23.6 Å². The van der Waals surface area contributed by atoms with E-state index in [9.17, 15) is 4.79 Å². The zero-order valence-electron chi connectivity index (χ0n) is 16.1. The van der Waals surface area contributed by atoms with Gasteiger partial charge in [-0.15, -0.1) is 0 Å². The van der Waals surface area contributed by atoms with Crippen molar-refractivity contribution >= 4 is 27.9 Å². The summed E-state index contributed by atoms with van der Waals surface area (Å²) in [6, 6.07) is 5.92. The molecule has 0 atom stereocenters. The van der Waals surface area contributed by atoms with Crippen molar-refractivity contribution in [2.24, 2.45) is 7.05 Å². The number of aryl methyl sites for hydroxylation is 2. The Hall–Kier alpha value is -2.75. The minimum absolute atomic E-state index is 0.00548. The quantitative estimate of drug-likeness (QED) is 0.607. The molecule has 0 unspecified atom stereocenters. The van der Waals surface area contributed by atoms with E-state index in [0.717, 1.165) is 33.5 Å². The molecule has 4 heteroatoms. The van der Waals surface area contributed by atoms with Gasteiger partial charge in [0.1, 0.15) is 17.1 Å². The van der Waals surface area contributed by atoms with Crippen LogP contribution in [0.2, 0.25) is 0 Å². The molecule has 0 N–H and O–H groups in total. The highest BCUT2D eigenvalue weighted by Gasteiger charge is 2.29. The first-order valence-corrected chi connectivity index (χ1v) is 8.77. The molecule has 26 heavy (non-hydrogen) atoms. The van der Waals surface area contributed by atoms with E-state index >= 15 is 0 Å². The number of nitrogens with zero attached hydrogens (tertiary/aromatic N) is 1. The molecule has 2 aromatic carbocycles. The molecule has 0 saturated heterocycles. The minimum Gasteiger partial charge on any atom is -0.495 e. The number of ether oxygens (including phenoxy) is 2. The van der Waals surface area contributed by atoms with Crippen molar-refractivity contribution in [3.63, 3.8) is 0 Å². The Morgan fingerprint density at radius 3 is 2.62 bits per heavy atom. The van der Waals surface area contributed by atoms with Gasteiger partial charge in [-0.1, -0.05) is 6.07 Å². The molecular weight excluding hydrogens is 326 g/mol. The maximum absolute atomic E-state index is 13.3. The number of methoxy groups -OCH3 is 1. The van der Waals surface area contributed by atoms with Crippen LogP contribution in [-0.2, 0) is 7.05 Å². The first kappa shape index (κ1) is 16.7. The van der Waals surface area contributed by atoms with Crippen LogP contribution in [0.25, 0.3) is 27.9 Å². The number of pyridine rings is 1. The van der Waals surface area contributed by atoms with Gasteiger partial charge in [-0.2, -0.15) is 0 Å². The third-order valence-electron chi connectivity index (χ3n) is 5.19. The lowest BCUT2D eigenvalue weighted by Crippen LogP contribution is -2.28. The Kier molecular flexibility index (Phi) is 3.45. The van der Waals surface area contributed by atoms with Crippen LogP contribution >= 0.6 is 0 Å². The fourth-order valence-corrected chi connectivity index (χ4v) is 3.89. The molecular formula is C22H23NO3. The summed E-state index contributed by atoms with van der Waals surface area (Å²) in [5, 5.41) is 1.31. The van der Waals surface area contributed by atoms with Crippen molar-refractivity contribution in [3.8, 4) is 11.5 Å². The number of fused-ring (bicyclic) bond motifs is 4. The molecule has 4 nitrogen and oxygen atoms in total. The van der Waals surface area contributed by atoms with Crippen LogP contribution in [0, 0.1) is 13.8 Å². The molecule has 0 spiro atoms. The lowest BCUT2D eigenvalue weighted by molar-refractivity contribution is 0.157. The highest BCUT2D eigenvalue weighted by molar-refractivity contribution is 6.03. The largest absolute Gasteiger partial charge is 0.495 e. The fourth-order valence-electron chi connectivity index (χ4n) is 3.89. The molecule has 1 aromatic heterocycles. The van der Waals surface area contributed by atoms with E-state index < -0.39 is 5.60 Å². The molecule has 4 rings (SSSR count). The van der Waals surface area contributed by atoms with Crippen molar-refractivity contribution in [1.29, 1.82) is 0 Å². The monoisotopic (exact) mass is 349 g/mol. The summed E-state index contributed by atoms with van der Waals surface area (Å²) in [5.41, 5.74) is 4.26. The molecule has 0 amide bonds. The standard InChI is InChI=1S/C22H23NO3/c1-12-7-8-14-16(11-12)23(5)18-15-9-10-22(3,4)26-20(15)13(2)21(25-6)17(18)19(14)24/h7-11H,1-6H3. The molecule has 0 radical (unpaired) electrons. The summed E-state index contributed by atoms with van der Waals surface area (Å²) in [5.74, 6) is 1.37. The normalized spacial score (nSPS) is 15.2. The SMILES string of the molecule is COc1c(C)c2c(c3c1c(=O)c1ccc(C)cc1n3C)C=CC(C)(C)O2. The molecule has 1 aliphatic rings. The molecule has 1 aliphatic heterocycles. The summed E-state index contributed by atoms with van der Waals surface area (Å²) in [6.45, 7) is 8.02. The zero-order valence-corrected chi connectivity index (χ0v) is 16.1. The minimum atomic E-state index is -0.400. The van der Waals surface area contributed by atoms with E-state index in [0.29, 0.717) is 16.5 Å². The summed E-state index contributed by atoms with van der Waals surface area (Å²) in [7, 11) is 3.60. The van der Waals surface area contributed by atoms with Crippen LogP contribution < -0.4 is 14.9 Å². The second-order valence-corrected chi connectivity index (χ2v) is 7.57. The number of hydrogen-bond donors (Lipinski definition) is 0. The van der Waals surface area contributed by atoms with E-state index in [-0.39, 0.29) is 5.43 Å².